The molecule has 2 aromatic heterocycles. The summed E-state index contributed by atoms with van der Waals surface area (Å²) < 4.78 is 1.69. The molecule has 0 saturated carbocycles. The van der Waals surface area contributed by atoms with Gasteiger partial charge in [0.2, 0.25) is 0 Å². The van der Waals surface area contributed by atoms with Gasteiger partial charge in [-0.25, -0.2) is 4.98 Å². The third-order valence-corrected chi connectivity index (χ3v) is 5.10. The molecule has 0 fully saturated rings. The topological polar surface area (TPSA) is 63.1 Å². The first-order chi connectivity index (χ1) is 14.3. The largest absolute Gasteiger partial charge is 0.306 e. The minimum absolute atomic E-state index is 0.147. The number of carbonyl (C=O) groups is 1. The predicted molar refractivity (Wildman–Crippen MR) is 121 cm³/mol. The number of hydrogen-bond acceptors (Lipinski definition) is 4. The van der Waals surface area contributed by atoms with Crippen LogP contribution in [0.1, 0.15) is 56.2 Å². The van der Waals surface area contributed by atoms with Crippen LogP contribution in [0.15, 0.2) is 54.7 Å². The van der Waals surface area contributed by atoms with Gasteiger partial charge in [0.25, 0.3) is 5.91 Å². The SMILES string of the molecule is CCN(CC)Cc1ccc(C(=O)Nc2cc(C(C)(C)C)nn2-c2ccccn2)cc1. The molecule has 1 N–H and O–H groups in total. The maximum absolute atomic E-state index is 12.9. The average molecular weight is 406 g/mol. The highest BCUT2D eigenvalue weighted by Gasteiger charge is 2.22. The number of benzene rings is 1. The van der Waals surface area contributed by atoms with Crippen LogP contribution in [0, 0.1) is 0 Å². The van der Waals surface area contributed by atoms with E-state index in [0.29, 0.717) is 17.2 Å². The second-order valence-electron chi connectivity index (χ2n) is 8.38. The number of amides is 1. The Kier molecular flexibility index (Phi) is 6.67. The Morgan fingerprint density at radius 1 is 1.07 bits per heavy atom. The molecule has 1 amide bonds. The summed E-state index contributed by atoms with van der Waals surface area (Å²) in [6.07, 6.45) is 1.72. The van der Waals surface area contributed by atoms with E-state index in [0.717, 1.165) is 25.3 Å². The zero-order valence-electron chi connectivity index (χ0n) is 18.5. The van der Waals surface area contributed by atoms with Crippen LogP contribution in [-0.4, -0.2) is 38.7 Å². The van der Waals surface area contributed by atoms with E-state index >= 15 is 0 Å². The fourth-order valence-electron chi connectivity index (χ4n) is 3.15. The Morgan fingerprint density at radius 3 is 2.33 bits per heavy atom. The molecule has 3 aromatic rings. The second kappa shape index (κ2) is 9.22. The van der Waals surface area contributed by atoms with Gasteiger partial charge < -0.3 is 5.32 Å². The summed E-state index contributed by atoms with van der Waals surface area (Å²) in [6, 6.07) is 15.3. The molecule has 0 bridgehead atoms. The highest BCUT2D eigenvalue weighted by atomic mass is 16.1. The number of nitrogens with zero attached hydrogens (tertiary/aromatic N) is 4. The highest BCUT2D eigenvalue weighted by Crippen LogP contribution is 2.26. The predicted octanol–water partition coefficient (Wildman–Crippen LogP) is 4.66. The van der Waals surface area contributed by atoms with Crippen LogP contribution in [0.4, 0.5) is 5.82 Å². The Bertz CT molecular complexity index is 967. The summed E-state index contributed by atoms with van der Waals surface area (Å²) in [4.78, 5) is 19.6. The Hall–Kier alpha value is -2.99. The van der Waals surface area contributed by atoms with E-state index in [2.05, 4.69) is 49.8 Å². The van der Waals surface area contributed by atoms with Crippen molar-refractivity contribution >= 4 is 11.7 Å². The molecule has 0 unspecified atom stereocenters. The molecule has 0 spiro atoms. The fourth-order valence-corrected chi connectivity index (χ4v) is 3.15. The molecule has 3 rings (SSSR count). The summed E-state index contributed by atoms with van der Waals surface area (Å²) in [5, 5.41) is 7.71. The van der Waals surface area contributed by atoms with Crippen molar-refractivity contribution in [1.82, 2.24) is 19.7 Å². The fraction of sp³-hybridized carbons (Fsp3) is 0.375. The Morgan fingerprint density at radius 2 is 1.77 bits per heavy atom. The normalized spacial score (nSPS) is 11.7. The molecule has 0 aliphatic heterocycles. The van der Waals surface area contributed by atoms with Crippen molar-refractivity contribution in [2.24, 2.45) is 0 Å². The quantitative estimate of drug-likeness (QED) is 0.621. The molecule has 0 radical (unpaired) electrons. The molecule has 0 aliphatic rings. The zero-order chi connectivity index (χ0) is 21.7. The van der Waals surface area contributed by atoms with Crippen LogP contribution in [0.3, 0.4) is 0 Å². The number of nitrogens with one attached hydrogen (secondary N) is 1. The molecule has 0 aliphatic carbocycles. The Labute approximate surface area is 178 Å². The van der Waals surface area contributed by atoms with Crippen molar-refractivity contribution in [3.05, 3.63) is 71.5 Å². The van der Waals surface area contributed by atoms with Crippen LogP contribution >= 0.6 is 0 Å². The van der Waals surface area contributed by atoms with Gasteiger partial charge in [-0.3, -0.25) is 9.69 Å². The van der Waals surface area contributed by atoms with Crippen molar-refractivity contribution in [2.45, 2.75) is 46.6 Å². The average Bonchev–Trinajstić information content (AvgIpc) is 3.17. The van der Waals surface area contributed by atoms with Crippen LogP contribution in [0.5, 0.6) is 0 Å². The van der Waals surface area contributed by atoms with E-state index in [-0.39, 0.29) is 11.3 Å². The van der Waals surface area contributed by atoms with Crippen molar-refractivity contribution < 1.29 is 4.79 Å². The lowest BCUT2D eigenvalue weighted by Crippen LogP contribution is -2.22. The minimum atomic E-state index is -0.165. The van der Waals surface area contributed by atoms with E-state index in [4.69, 9.17) is 5.10 Å². The monoisotopic (exact) mass is 405 g/mol. The van der Waals surface area contributed by atoms with E-state index in [1.165, 1.54) is 5.56 Å². The van der Waals surface area contributed by atoms with Crippen LogP contribution < -0.4 is 5.32 Å². The standard InChI is InChI=1S/C24H31N5O/c1-6-28(7-2)17-18-11-13-19(14-12-18)23(30)26-22-16-20(24(3,4)5)27-29(22)21-10-8-9-15-25-21/h8-16H,6-7,17H2,1-5H3,(H,26,30). The van der Waals surface area contributed by atoms with Crippen molar-refractivity contribution in [2.75, 3.05) is 18.4 Å². The van der Waals surface area contributed by atoms with E-state index in [9.17, 15) is 4.79 Å². The first-order valence-electron chi connectivity index (χ1n) is 10.5. The number of carbonyl (C=O) groups excluding carboxylic acids is 1. The van der Waals surface area contributed by atoms with Gasteiger partial charge >= 0.3 is 0 Å². The first kappa shape index (κ1) is 21.7. The second-order valence-corrected chi connectivity index (χ2v) is 8.38. The van der Waals surface area contributed by atoms with Crippen molar-refractivity contribution in [1.29, 1.82) is 0 Å². The Balaban J connectivity index is 1.83. The minimum Gasteiger partial charge on any atom is -0.306 e. The molecular weight excluding hydrogens is 374 g/mol. The number of aromatic nitrogens is 3. The summed E-state index contributed by atoms with van der Waals surface area (Å²) in [6.45, 7) is 13.5. The lowest BCUT2D eigenvalue weighted by atomic mass is 9.92. The summed E-state index contributed by atoms with van der Waals surface area (Å²) in [7, 11) is 0. The van der Waals surface area contributed by atoms with Gasteiger partial charge in [-0.1, -0.05) is 52.8 Å². The van der Waals surface area contributed by atoms with Gasteiger partial charge in [0.05, 0.1) is 5.69 Å². The van der Waals surface area contributed by atoms with E-state index in [1.807, 2.05) is 48.5 Å². The van der Waals surface area contributed by atoms with Gasteiger partial charge in [0, 0.05) is 29.8 Å². The molecule has 2 heterocycles. The maximum Gasteiger partial charge on any atom is 0.256 e. The number of pyridine rings is 1. The van der Waals surface area contributed by atoms with Crippen molar-refractivity contribution in [3.63, 3.8) is 0 Å². The summed E-state index contributed by atoms with van der Waals surface area (Å²) >= 11 is 0. The van der Waals surface area contributed by atoms with Crippen LogP contribution in [0.25, 0.3) is 5.82 Å². The zero-order valence-corrected chi connectivity index (χ0v) is 18.5. The number of anilines is 1. The van der Waals surface area contributed by atoms with Crippen LogP contribution in [0.2, 0.25) is 0 Å². The number of hydrogen-bond donors (Lipinski definition) is 1. The first-order valence-corrected chi connectivity index (χ1v) is 10.5. The molecule has 1 aromatic carbocycles. The molecular formula is C24H31N5O. The maximum atomic E-state index is 12.9. The van der Waals surface area contributed by atoms with Gasteiger partial charge in [-0.2, -0.15) is 9.78 Å². The van der Waals surface area contributed by atoms with E-state index in [1.54, 1.807) is 10.9 Å². The smallest absolute Gasteiger partial charge is 0.256 e. The number of rotatable bonds is 7. The third kappa shape index (κ3) is 5.13. The highest BCUT2D eigenvalue weighted by molar-refractivity contribution is 6.04. The summed E-state index contributed by atoms with van der Waals surface area (Å²) in [5.74, 6) is 1.11. The van der Waals surface area contributed by atoms with Crippen LogP contribution in [-0.2, 0) is 12.0 Å². The molecule has 0 saturated heterocycles. The van der Waals surface area contributed by atoms with E-state index < -0.39 is 0 Å². The molecule has 6 nitrogen and oxygen atoms in total. The lowest BCUT2D eigenvalue weighted by molar-refractivity contribution is 0.102. The van der Waals surface area contributed by atoms with Gasteiger partial charge in [-0.15, -0.1) is 0 Å². The lowest BCUT2D eigenvalue weighted by Gasteiger charge is -2.18. The van der Waals surface area contributed by atoms with Crippen molar-refractivity contribution in [3.8, 4) is 5.82 Å². The molecule has 30 heavy (non-hydrogen) atoms. The molecule has 6 heteroatoms. The van der Waals surface area contributed by atoms with Gasteiger partial charge in [-0.05, 0) is 42.9 Å². The van der Waals surface area contributed by atoms with Gasteiger partial charge in [0.15, 0.2) is 5.82 Å². The molecule has 0 atom stereocenters. The molecule has 158 valence electrons. The van der Waals surface area contributed by atoms with Gasteiger partial charge in [0.1, 0.15) is 5.82 Å². The third-order valence-electron chi connectivity index (χ3n) is 5.10. The summed E-state index contributed by atoms with van der Waals surface area (Å²) in [5.41, 5.74) is 2.55.